The molecule has 0 aliphatic carbocycles. The van der Waals surface area contributed by atoms with E-state index < -0.39 is 0 Å². The van der Waals surface area contributed by atoms with Gasteiger partial charge < -0.3 is 13.4 Å². The molecule has 0 N–H and O–H groups in total. The molecule has 0 saturated carbocycles. The SMILES string of the molecule is c1ccc2cc(-c3nc(-c4ccc5cc(-n6c7ccc8cccc9oc%10cccc%11ccc6c(c%11%10)c7c89)ccc5c4)nc4c3oc3ccccc34)ccc2c1. The predicted molar refractivity (Wildman–Crippen MR) is 226 cm³/mol. The molecule has 13 aromatic rings. The van der Waals surface area contributed by atoms with Crippen molar-refractivity contribution in [3.63, 3.8) is 0 Å². The van der Waals surface area contributed by atoms with Gasteiger partial charge in [0.05, 0.1) is 11.0 Å². The van der Waals surface area contributed by atoms with Crippen LogP contribution in [0.25, 0.3) is 126 Å². The van der Waals surface area contributed by atoms with Crippen molar-refractivity contribution in [2.45, 2.75) is 0 Å². The fourth-order valence-corrected chi connectivity index (χ4v) is 9.01. The third kappa shape index (κ3) is 4.01. The third-order valence-corrected chi connectivity index (χ3v) is 11.5. The molecule has 0 spiro atoms. The number of nitrogens with zero attached hydrogens (tertiary/aromatic N) is 3. The van der Waals surface area contributed by atoms with Crippen molar-refractivity contribution in [2.75, 3.05) is 0 Å². The van der Waals surface area contributed by atoms with Crippen molar-refractivity contribution < 1.29 is 8.83 Å². The Labute approximate surface area is 312 Å². The van der Waals surface area contributed by atoms with Crippen LogP contribution < -0.4 is 0 Å². The fraction of sp³-hybridized carbons (Fsp3) is 0. The second-order valence-corrected chi connectivity index (χ2v) is 14.5. The lowest BCUT2D eigenvalue weighted by atomic mass is 10.00. The van der Waals surface area contributed by atoms with Crippen LogP contribution >= 0.6 is 0 Å². The largest absolute Gasteiger partial charge is 0.456 e. The number of rotatable bonds is 3. The van der Waals surface area contributed by atoms with E-state index in [1.54, 1.807) is 0 Å². The van der Waals surface area contributed by atoms with E-state index in [1.165, 1.54) is 26.9 Å². The number of fused-ring (bicyclic) bond motifs is 5. The Morgan fingerprint density at radius 3 is 1.78 bits per heavy atom. The summed E-state index contributed by atoms with van der Waals surface area (Å²) in [5, 5.41) is 12.7. The molecule has 0 saturated heterocycles. The summed E-state index contributed by atoms with van der Waals surface area (Å²) in [6, 6.07) is 57.9. The Morgan fingerprint density at radius 1 is 0.400 bits per heavy atom. The van der Waals surface area contributed by atoms with Crippen LogP contribution in [0.15, 0.2) is 173 Å². The lowest BCUT2D eigenvalue weighted by Crippen LogP contribution is -1.95. The Bertz CT molecular complexity index is 3630. The average molecular weight is 702 g/mol. The normalized spacial score (nSPS) is 12.4. The van der Waals surface area contributed by atoms with E-state index in [0.717, 1.165) is 88.1 Å². The van der Waals surface area contributed by atoms with Gasteiger partial charge >= 0.3 is 0 Å². The van der Waals surface area contributed by atoms with Gasteiger partial charge in [-0.3, -0.25) is 0 Å². The zero-order valence-electron chi connectivity index (χ0n) is 29.2. The number of para-hydroxylation sites is 1. The minimum atomic E-state index is 0.664. The first-order chi connectivity index (χ1) is 27.2. The lowest BCUT2D eigenvalue weighted by molar-refractivity contribution is 0.664. The highest BCUT2D eigenvalue weighted by atomic mass is 16.3. The Morgan fingerprint density at radius 2 is 0.982 bits per heavy atom. The number of hydrogen-bond acceptors (Lipinski definition) is 4. The summed E-state index contributed by atoms with van der Waals surface area (Å²) in [7, 11) is 0. The highest BCUT2D eigenvalue weighted by molar-refractivity contribution is 6.33. The van der Waals surface area contributed by atoms with Gasteiger partial charge in [-0.1, -0.05) is 103 Å². The molecule has 0 aliphatic heterocycles. The number of benzene rings is 9. The number of furan rings is 1. The number of hydrogen-bond donors (Lipinski definition) is 0. The molecule has 254 valence electrons. The molecule has 4 aromatic heterocycles. The highest BCUT2D eigenvalue weighted by Crippen LogP contribution is 2.45. The van der Waals surface area contributed by atoms with Crippen molar-refractivity contribution in [3.05, 3.63) is 164 Å². The van der Waals surface area contributed by atoms with E-state index in [9.17, 15) is 0 Å². The summed E-state index contributed by atoms with van der Waals surface area (Å²) in [6.07, 6.45) is 0. The average Bonchev–Trinajstić information content (AvgIpc) is 3.74. The molecule has 5 nitrogen and oxygen atoms in total. The standard InChI is InChI=1S/C50H27N3O2/c1-2-8-31-25-34(17-15-28(31)7-1)47-49-48(37-11-3-4-12-40(37)55-49)52-50(51-47)35-18-16-33-27-36(22-19-32(33)26-35)53-38-23-20-29-9-5-13-41-43(29)45(38)46-39(53)24-21-30-10-6-14-42(54-41)44(30)46/h1-27H. The monoisotopic (exact) mass is 701 g/mol. The van der Waals surface area contributed by atoms with Gasteiger partial charge in [-0.05, 0) is 93.0 Å². The van der Waals surface area contributed by atoms with Gasteiger partial charge in [-0.25, -0.2) is 9.97 Å². The summed E-state index contributed by atoms with van der Waals surface area (Å²) >= 11 is 0. The molecule has 0 radical (unpaired) electrons. The van der Waals surface area contributed by atoms with Crippen LogP contribution in [0.4, 0.5) is 0 Å². The Kier molecular flexibility index (Phi) is 5.57. The van der Waals surface area contributed by atoms with Gasteiger partial charge in [-0.15, -0.1) is 0 Å². The fourth-order valence-electron chi connectivity index (χ4n) is 9.01. The van der Waals surface area contributed by atoms with Crippen molar-refractivity contribution >= 4 is 98.1 Å². The summed E-state index contributed by atoms with van der Waals surface area (Å²) < 4.78 is 15.5. The first kappa shape index (κ1) is 29.0. The first-order valence-corrected chi connectivity index (χ1v) is 18.6. The minimum absolute atomic E-state index is 0.664. The van der Waals surface area contributed by atoms with Crippen molar-refractivity contribution in [1.82, 2.24) is 14.5 Å². The molecule has 13 rings (SSSR count). The van der Waals surface area contributed by atoms with E-state index in [2.05, 4.69) is 150 Å². The molecule has 0 atom stereocenters. The zero-order chi connectivity index (χ0) is 35.8. The summed E-state index contributed by atoms with van der Waals surface area (Å²) in [4.78, 5) is 10.4. The van der Waals surface area contributed by atoms with Crippen LogP contribution in [-0.4, -0.2) is 14.5 Å². The van der Waals surface area contributed by atoms with Crippen molar-refractivity contribution in [2.24, 2.45) is 0 Å². The molecule has 4 heterocycles. The molecule has 9 aromatic carbocycles. The third-order valence-electron chi connectivity index (χ3n) is 11.5. The second-order valence-electron chi connectivity index (χ2n) is 14.5. The van der Waals surface area contributed by atoms with Crippen LogP contribution in [0.2, 0.25) is 0 Å². The zero-order valence-corrected chi connectivity index (χ0v) is 29.2. The maximum atomic E-state index is 6.63. The van der Waals surface area contributed by atoms with Gasteiger partial charge in [0, 0.05) is 43.7 Å². The van der Waals surface area contributed by atoms with E-state index in [4.69, 9.17) is 18.8 Å². The maximum absolute atomic E-state index is 6.63. The van der Waals surface area contributed by atoms with Crippen LogP contribution in [-0.2, 0) is 0 Å². The summed E-state index contributed by atoms with van der Waals surface area (Å²) in [5.41, 5.74) is 10.3. The van der Waals surface area contributed by atoms with Crippen LogP contribution in [0.5, 0.6) is 0 Å². The van der Waals surface area contributed by atoms with Gasteiger partial charge in [0.15, 0.2) is 11.4 Å². The Balaban J connectivity index is 1.01. The number of aromatic nitrogens is 3. The van der Waals surface area contributed by atoms with E-state index >= 15 is 0 Å². The summed E-state index contributed by atoms with van der Waals surface area (Å²) in [5.74, 6) is 0.664. The van der Waals surface area contributed by atoms with Gasteiger partial charge in [-0.2, -0.15) is 0 Å². The first-order valence-electron chi connectivity index (χ1n) is 18.6. The van der Waals surface area contributed by atoms with Gasteiger partial charge in [0.1, 0.15) is 28.0 Å². The minimum Gasteiger partial charge on any atom is -0.456 e. The molecule has 0 unspecified atom stereocenters. The van der Waals surface area contributed by atoms with Gasteiger partial charge in [0.2, 0.25) is 0 Å². The van der Waals surface area contributed by atoms with Gasteiger partial charge in [0.25, 0.3) is 0 Å². The topological polar surface area (TPSA) is 57.0 Å². The van der Waals surface area contributed by atoms with E-state index in [0.29, 0.717) is 11.4 Å². The molecule has 0 fully saturated rings. The molecule has 0 aliphatic rings. The molecular weight excluding hydrogens is 675 g/mol. The van der Waals surface area contributed by atoms with Crippen LogP contribution in [0.1, 0.15) is 0 Å². The summed E-state index contributed by atoms with van der Waals surface area (Å²) in [6.45, 7) is 0. The highest BCUT2D eigenvalue weighted by Gasteiger charge is 2.22. The Hall–Kier alpha value is -7.50. The van der Waals surface area contributed by atoms with E-state index in [1.807, 2.05) is 18.2 Å². The molecule has 55 heavy (non-hydrogen) atoms. The quantitative estimate of drug-likeness (QED) is 0.184. The van der Waals surface area contributed by atoms with Crippen molar-refractivity contribution in [1.29, 1.82) is 0 Å². The smallest absolute Gasteiger partial charge is 0.180 e. The molecular formula is C50H27N3O2. The maximum Gasteiger partial charge on any atom is 0.180 e. The van der Waals surface area contributed by atoms with Crippen molar-refractivity contribution in [3.8, 4) is 28.3 Å². The van der Waals surface area contributed by atoms with E-state index in [-0.39, 0.29) is 0 Å². The van der Waals surface area contributed by atoms with Crippen LogP contribution in [0.3, 0.4) is 0 Å². The predicted octanol–water partition coefficient (Wildman–Crippen LogP) is 13.6. The van der Waals surface area contributed by atoms with Crippen LogP contribution in [0, 0.1) is 0 Å². The molecule has 5 heteroatoms. The second kappa shape index (κ2) is 10.6. The molecule has 0 amide bonds. The molecule has 0 bridgehead atoms. The lowest BCUT2D eigenvalue weighted by Gasteiger charge is -2.12.